The maximum absolute atomic E-state index is 12.2. The Labute approximate surface area is 118 Å². The lowest BCUT2D eigenvalue weighted by atomic mass is 9.94. The van der Waals surface area contributed by atoms with Crippen molar-refractivity contribution in [3.8, 4) is 0 Å². The number of rotatable bonds is 4. The van der Waals surface area contributed by atoms with E-state index in [1.807, 2.05) is 6.92 Å². The molecule has 1 fully saturated rings. The van der Waals surface area contributed by atoms with E-state index in [1.54, 1.807) is 7.05 Å². The summed E-state index contributed by atoms with van der Waals surface area (Å²) < 4.78 is 33.8. The van der Waals surface area contributed by atoms with Crippen molar-refractivity contribution in [3.63, 3.8) is 0 Å². The molecule has 0 aliphatic carbocycles. The molecular weight excluding hydrogens is 290 g/mol. The van der Waals surface area contributed by atoms with Crippen LogP contribution in [0, 0.1) is 5.92 Å². The molecule has 19 heavy (non-hydrogen) atoms. The zero-order valence-electron chi connectivity index (χ0n) is 11.0. The van der Waals surface area contributed by atoms with Crippen LogP contribution in [0.2, 0.25) is 5.15 Å². The largest absolute Gasteiger partial charge is 0.381 e. The van der Waals surface area contributed by atoms with Crippen molar-refractivity contribution in [1.29, 1.82) is 0 Å². The molecule has 6 nitrogen and oxygen atoms in total. The number of sulfonamides is 1. The smallest absolute Gasteiger partial charge is 0.261 e. The Hall–Kier alpha value is -0.630. The molecule has 1 aliphatic rings. The second-order valence-corrected chi connectivity index (χ2v) is 6.80. The van der Waals surface area contributed by atoms with Gasteiger partial charge in [-0.25, -0.2) is 18.1 Å². The predicted octanol–water partition coefficient (Wildman–Crippen LogP) is 1.17. The second-order valence-electron chi connectivity index (χ2n) is 4.81. The Morgan fingerprint density at radius 1 is 1.53 bits per heavy atom. The van der Waals surface area contributed by atoms with Gasteiger partial charge in [-0.1, -0.05) is 11.6 Å². The number of imidazole rings is 1. The molecule has 0 aromatic carbocycles. The Morgan fingerprint density at radius 2 is 2.16 bits per heavy atom. The molecule has 1 saturated heterocycles. The van der Waals surface area contributed by atoms with Crippen LogP contribution >= 0.6 is 11.6 Å². The minimum Gasteiger partial charge on any atom is -0.381 e. The zero-order chi connectivity index (χ0) is 14.0. The monoisotopic (exact) mass is 307 g/mol. The molecule has 1 atom stereocenters. The molecule has 0 bridgehead atoms. The van der Waals surface area contributed by atoms with Crippen LogP contribution in [0.1, 0.15) is 19.8 Å². The third kappa shape index (κ3) is 3.28. The van der Waals surface area contributed by atoms with Crippen LogP contribution in [-0.4, -0.2) is 37.2 Å². The van der Waals surface area contributed by atoms with Gasteiger partial charge in [-0.05, 0) is 25.7 Å². The normalized spacial score (nSPS) is 19.5. The summed E-state index contributed by atoms with van der Waals surface area (Å²) in [7, 11) is -2.02. The van der Waals surface area contributed by atoms with Gasteiger partial charge in [0.05, 0.1) is 6.33 Å². The SMILES string of the molecule is CC(NS(=O)(=O)c1ncn(C)c1Cl)C1CCOCC1. The standard InChI is InChI=1S/C11H18ClN3O3S/c1-8(9-3-5-18-6-4-9)14-19(16,17)11-10(12)15(2)7-13-11/h7-9,14H,3-6H2,1-2H3. The number of nitrogens with zero attached hydrogens (tertiary/aromatic N) is 2. The third-order valence-corrected chi connectivity index (χ3v) is 5.45. The number of nitrogens with one attached hydrogen (secondary N) is 1. The van der Waals surface area contributed by atoms with Gasteiger partial charge in [-0.3, -0.25) is 0 Å². The first kappa shape index (κ1) is 14.8. The van der Waals surface area contributed by atoms with Crippen LogP contribution in [0.3, 0.4) is 0 Å². The Morgan fingerprint density at radius 3 is 2.68 bits per heavy atom. The first-order chi connectivity index (χ1) is 8.92. The van der Waals surface area contributed by atoms with E-state index in [0.717, 1.165) is 12.8 Å². The lowest BCUT2D eigenvalue weighted by Crippen LogP contribution is -2.40. The van der Waals surface area contributed by atoms with Crippen molar-refractivity contribution >= 4 is 21.6 Å². The number of ether oxygens (including phenoxy) is 1. The molecule has 1 aliphatic heterocycles. The van der Waals surface area contributed by atoms with Crippen molar-refractivity contribution in [1.82, 2.24) is 14.3 Å². The summed E-state index contributed by atoms with van der Waals surface area (Å²) in [5, 5.41) is 0.00209. The van der Waals surface area contributed by atoms with Crippen molar-refractivity contribution in [2.75, 3.05) is 13.2 Å². The Kier molecular flexibility index (Phi) is 4.50. The highest BCUT2D eigenvalue weighted by Gasteiger charge is 2.28. The number of halogens is 1. The van der Waals surface area contributed by atoms with Crippen LogP contribution in [-0.2, 0) is 21.8 Å². The fourth-order valence-corrected chi connectivity index (χ4v) is 3.93. The van der Waals surface area contributed by atoms with Gasteiger partial charge in [0, 0.05) is 26.3 Å². The highest BCUT2D eigenvalue weighted by Crippen LogP contribution is 2.22. The van der Waals surface area contributed by atoms with Crippen LogP contribution in [0.5, 0.6) is 0 Å². The molecule has 0 radical (unpaired) electrons. The first-order valence-electron chi connectivity index (χ1n) is 6.18. The fourth-order valence-electron chi connectivity index (χ4n) is 2.19. The quantitative estimate of drug-likeness (QED) is 0.906. The van der Waals surface area contributed by atoms with E-state index >= 15 is 0 Å². The van der Waals surface area contributed by atoms with E-state index in [-0.39, 0.29) is 22.1 Å². The minimum atomic E-state index is -3.67. The number of hydrogen-bond acceptors (Lipinski definition) is 4. The minimum absolute atomic E-state index is 0.115. The Balaban J connectivity index is 2.10. The highest BCUT2D eigenvalue weighted by atomic mass is 35.5. The van der Waals surface area contributed by atoms with E-state index < -0.39 is 10.0 Å². The van der Waals surface area contributed by atoms with Crippen LogP contribution < -0.4 is 4.72 Å². The topological polar surface area (TPSA) is 73.2 Å². The van der Waals surface area contributed by atoms with E-state index in [4.69, 9.17) is 16.3 Å². The van der Waals surface area contributed by atoms with Gasteiger partial charge < -0.3 is 9.30 Å². The van der Waals surface area contributed by atoms with Gasteiger partial charge in [0.25, 0.3) is 10.0 Å². The lowest BCUT2D eigenvalue weighted by molar-refractivity contribution is 0.0585. The fraction of sp³-hybridized carbons (Fsp3) is 0.727. The molecule has 2 heterocycles. The zero-order valence-corrected chi connectivity index (χ0v) is 12.5. The van der Waals surface area contributed by atoms with Crippen LogP contribution in [0.25, 0.3) is 0 Å². The van der Waals surface area contributed by atoms with Gasteiger partial charge in [0.1, 0.15) is 5.15 Å². The molecular formula is C11H18ClN3O3S. The molecule has 1 aromatic heterocycles. The molecule has 108 valence electrons. The van der Waals surface area contributed by atoms with Crippen molar-refractivity contribution in [2.24, 2.45) is 13.0 Å². The van der Waals surface area contributed by atoms with Crippen molar-refractivity contribution in [3.05, 3.63) is 11.5 Å². The molecule has 1 aromatic rings. The lowest BCUT2D eigenvalue weighted by Gasteiger charge is -2.27. The van der Waals surface area contributed by atoms with Crippen molar-refractivity contribution in [2.45, 2.75) is 30.8 Å². The van der Waals surface area contributed by atoms with Gasteiger partial charge in [0.15, 0.2) is 0 Å². The number of aryl methyl sites for hydroxylation is 1. The van der Waals surface area contributed by atoms with E-state index in [0.29, 0.717) is 13.2 Å². The first-order valence-corrected chi connectivity index (χ1v) is 8.05. The molecule has 8 heteroatoms. The summed E-state index contributed by atoms with van der Waals surface area (Å²) in [6.07, 6.45) is 3.11. The second kappa shape index (κ2) is 5.78. The molecule has 0 spiro atoms. The average molecular weight is 308 g/mol. The van der Waals surface area contributed by atoms with Gasteiger partial charge in [-0.2, -0.15) is 0 Å². The molecule has 0 amide bonds. The van der Waals surface area contributed by atoms with Crippen LogP contribution in [0.15, 0.2) is 11.4 Å². The van der Waals surface area contributed by atoms with Gasteiger partial charge >= 0.3 is 0 Å². The molecule has 2 rings (SSSR count). The highest BCUT2D eigenvalue weighted by molar-refractivity contribution is 7.89. The third-order valence-electron chi connectivity index (χ3n) is 3.40. The number of hydrogen-bond donors (Lipinski definition) is 1. The van der Waals surface area contributed by atoms with Crippen molar-refractivity contribution < 1.29 is 13.2 Å². The maximum Gasteiger partial charge on any atom is 0.261 e. The van der Waals surface area contributed by atoms with Crippen LogP contribution in [0.4, 0.5) is 0 Å². The van der Waals surface area contributed by atoms with E-state index in [1.165, 1.54) is 10.9 Å². The summed E-state index contributed by atoms with van der Waals surface area (Å²) in [6, 6.07) is -0.160. The Bertz CT molecular complexity index is 537. The summed E-state index contributed by atoms with van der Waals surface area (Å²) in [6.45, 7) is 3.23. The predicted molar refractivity (Wildman–Crippen MR) is 71.5 cm³/mol. The molecule has 1 N–H and O–H groups in total. The maximum atomic E-state index is 12.2. The molecule has 1 unspecified atom stereocenters. The summed E-state index contributed by atoms with van der Waals surface area (Å²) in [4.78, 5) is 3.84. The number of aromatic nitrogens is 2. The van der Waals surface area contributed by atoms with Gasteiger partial charge in [0.2, 0.25) is 5.03 Å². The van der Waals surface area contributed by atoms with Gasteiger partial charge in [-0.15, -0.1) is 0 Å². The average Bonchev–Trinajstić information content (AvgIpc) is 2.71. The van der Waals surface area contributed by atoms with E-state index in [2.05, 4.69) is 9.71 Å². The summed E-state index contributed by atoms with van der Waals surface area (Å²) >= 11 is 5.92. The summed E-state index contributed by atoms with van der Waals surface area (Å²) in [5.74, 6) is 0.283. The van der Waals surface area contributed by atoms with E-state index in [9.17, 15) is 8.42 Å². The molecule has 0 saturated carbocycles. The summed E-state index contributed by atoms with van der Waals surface area (Å²) in [5.41, 5.74) is 0.